The zero-order chi connectivity index (χ0) is 17.4. The van der Waals surface area contributed by atoms with Crippen molar-refractivity contribution in [1.29, 1.82) is 0 Å². The van der Waals surface area contributed by atoms with Gasteiger partial charge in [-0.1, -0.05) is 60.7 Å². The van der Waals surface area contributed by atoms with Crippen molar-refractivity contribution < 1.29 is 19.4 Å². The Hall–Kier alpha value is -2.92. The molecular weight excluding hydrogens is 318 g/mol. The Morgan fingerprint density at radius 1 is 0.880 bits per heavy atom. The molecule has 2 heterocycles. The largest absolute Gasteiger partial charge is 0.550 e. The van der Waals surface area contributed by atoms with E-state index in [1.807, 2.05) is 48.5 Å². The van der Waals surface area contributed by atoms with E-state index in [2.05, 4.69) is 5.32 Å². The molecule has 4 atom stereocenters. The molecule has 1 amide bonds. The van der Waals surface area contributed by atoms with Gasteiger partial charge in [0.25, 0.3) is 0 Å². The number of carbonyl (C=O) groups is 2. The third-order valence-corrected chi connectivity index (χ3v) is 4.74. The number of hydrogen-bond acceptors (Lipinski definition) is 4. The summed E-state index contributed by atoms with van der Waals surface area (Å²) in [5.41, 5.74) is 2.49. The Balaban J connectivity index is 1.62. The fourth-order valence-corrected chi connectivity index (χ4v) is 3.58. The van der Waals surface area contributed by atoms with Crippen LogP contribution in [0.5, 0.6) is 0 Å². The molecule has 126 valence electrons. The standard InChI is InChI=1S/C20H17NO4/c22-19(17-15-10-11-16(25-15)18(17)20(23)24)21-14-9-5-4-8-13(14)12-6-2-1-3-7-12/h1-11,15-18H,(H,21,22)(H,23,24)/p-1/t15-,16+,17-,18+/m1/s1. The number of anilines is 1. The normalized spacial score (nSPS) is 26.6. The lowest BCUT2D eigenvalue weighted by Crippen LogP contribution is -2.45. The highest BCUT2D eigenvalue weighted by molar-refractivity contribution is 5.99. The van der Waals surface area contributed by atoms with Crippen LogP contribution in [0.1, 0.15) is 0 Å². The van der Waals surface area contributed by atoms with E-state index in [9.17, 15) is 14.7 Å². The van der Waals surface area contributed by atoms with Crippen LogP contribution in [-0.4, -0.2) is 24.1 Å². The van der Waals surface area contributed by atoms with Gasteiger partial charge in [0.15, 0.2) is 0 Å². The van der Waals surface area contributed by atoms with Crippen LogP contribution in [0.25, 0.3) is 11.1 Å². The molecule has 1 N–H and O–H groups in total. The van der Waals surface area contributed by atoms with Gasteiger partial charge in [-0.3, -0.25) is 4.79 Å². The molecule has 2 bridgehead atoms. The molecule has 1 saturated heterocycles. The maximum absolute atomic E-state index is 12.8. The number of carboxylic acid groups (broad SMARTS) is 1. The van der Waals surface area contributed by atoms with Crippen LogP contribution in [0.2, 0.25) is 0 Å². The Kier molecular flexibility index (Phi) is 3.86. The van der Waals surface area contributed by atoms with Crippen LogP contribution >= 0.6 is 0 Å². The van der Waals surface area contributed by atoms with E-state index in [4.69, 9.17) is 4.74 Å². The Morgan fingerprint density at radius 3 is 2.24 bits per heavy atom. The first kappa shape index (κ1) is 15.6. The van der Waals surface area contributed by atoms with Crippen LogP contribution in [-0.2, 0) is 14.3 Å². The van der Waals surface area contributed by atoms with Crippen molar-refractivity contribution >= 4 is 17.6 Å². The molecule has 0 saturated carbocycles. The summed E-state index contributed by atoms with van der Waals surface area (Å²) >= 11 is 0. The number of aliphatic carboxylic acids is 1. The maximum Gasteiger partial charge on any atom is 0.231 e. The molecule has 25 heavy (non-hydrogen) atoms. The molecule has 1 fully saturated rings. The SMILES string of the molecule is O=C([O-])[C@@H]1[C@H](C(=O)Nc2ccccc2-c2ccccc2)[C@H]2C=C[C@@H]1O2. The maximum atomic E-state index is 12.8. The van der Waals surface area contributed by atoms with Crippen LogP contribution in [0.3, 0.4) is 0 Å². The number of amides is 1. The van der Waals surface area contributed by atoms with Gasteiger partial charge >= 0.3 is 0 Å². The molecule has 2 aromatic carbocycles. The lowest BCUT2D eigenvalue weighted by Gasteiger charge is -2.25. The minimum atomic E-state index is -1.26. The second kappa shape index (κ2) is 6.18. The molecule has 0 aliphatic carbocycles. The van der Waals surface area contributed by atoms with Gasteiger partial charge in [0, 0.05) is 23.1 Å². The number of para-hydroxylation sites is 1. The van der Waals surface area contributed by atoms with Crippen LogP contribution in [0, 0.1) is 11.8 Å². The van der Waals surface area contributed by atoms with Crippen molar-refractivity contribution in [1.82, 2.24) is 0 Å². The molecule has 2 aliphatic rings. The van der Waals surface area contributed by atoms with Crippen molar-refractivity contribution in [2.75, 3.05) is 5.32 Å². The van der Waals surface area contributed by atoms with Crippen LogP contribution in [0.15, 0.2) is 66.7 Å². The van der Waals surface area contributed by atoms with Crippen LogP contribution < -0.4 is 10.4 Å². The van der Waals surface area contributed by atoms with E-state index < -0.39 is 30.0 Å². The molecule has 0 spiro atoms. The van der Waals surface area contributed by atoms with E-state index in [1.54, 1.807) is 18.2 Å². The van der Waals surface area contributed by atoms with Gasteiger partial charge in [-0.2, -0.15) is 0 Å². The summed E-state index contributed by atoms with van der Waals surface area (Å²) in [6.07, 6.45) is 2.33. The summed E-state index contributed by atoms with van der Waals surface area (Å²) in [6, 6.07) is 17.1. The number of fused-ring (bicyclic) bond motifs is 2. The molecule has 0 radical (unpaired) electrons. The molecule has 5 nitrogen and oxygen atoms in total. The number of carboxylic acids is 1. The highest BCUT2D eigenvalue weighted by Gasteiger charge is 2.50. The number of benzene rings is 2. The number of carbonyl (C=O) groups excluding carboxylic acids is 2. The number of rotatable bonds is 4. The summed E-state index contributed by atoms with van der Waals surface area (Å²) in [5.74, 6) is -3.37. The topological polar surface area (TPSA) is 78.5 Å². The third kappa shape index (κ3) is 2.72. The molecule has 4 rings (SSSR count). The van der Waals surface area contributed by atoms with Crippen molar-refractivity contribution in [2.45, 2.75) is 12.2 Å². The molecule has 0 aromatic heterocycles. The zero-order valence-corrected chi connectivity index (χ0v) is 13.3. The quantitative estimate of drug-likeness (QED) is 0.862. The lowest BCUT2D eigenvalue weighted by molar-refractivity contribution is -0.313. The summed E-state index contributed by atoms with van der Waals surface area (Å²) < 4.78 is 5.54. The molecular formula is C20H16NO4-. The van der Waals surface area contributed by atoms with E-state index >= 15 is 0 Å². The first-order valence-corrected chi connectivity index (χ1v) is 8.15. The van der Waals surface area contributed by atoms with Gasteiger partial charge in [0.1, 0.15) is 0 Å². The highest BCUT2D eigenvalue weighted by Crippen LogP contribution is 2.40. The molecule has 2 aromatic rings. The van der Waals surface area contributed by atoms with Crippen molar-refractivity contribution in [3.05, 3.63) is 66.7 Å². The van der Waals surface area contributed by atoms with E-state index in [0.29, 0.717) is 5.69 Å². The smallest absolute Gasteiger partial charge is 0.231 e. The Labute approximate surface area is 144 Å². The average Bonchev–Trinajstić information content (AvgIpc) is 3.24. The predicted molar refractivity (Wildman–Crippen MR) is 90.3 cm³/mol. The average molecular weight is 334 g/mol. The predicted octanol–water partition coefficient (Wildman–Crippen LogP) is 1.61. The van der Waals surface area contributed by atoms with Crippen molar-refractivity contribution in [2.24, 2.45) is 11.8 Å². The van der Waals surface area contributed by atoms with Gasteiger partial charge < -0.3 is 20.0 Å². The number of ether oxygens (including phenoxy) is 1. The minimum Gasteiger partial charge on any atom is -0.550 e. The number of hydrogen-bond donors (Lipinski definition) is 1. The van der Waals surface area contributed by atoms with Gasteiger partial charge in [0.05, 0.1) is 18.1 Å². The Morgan fingerprint density at radius 2 is 1.52 bits per heavy atom. The second-order valence-corrected chi connectivity index (χ2v) is 6.22. The first-order valence-electron chi connectivity index (χ1n) is 8.15. The Bertz CT molecular complexity index is 846. The van der Waals surface area contributed by atoms with E-state index in [0.717, 1.165) is 11.1 Å². The number of nitrogens with one attached hydrogen (secondary N) is 1. The van der Waals surface area contributed by atoms with E-state index in [1.165, 1.54) is 0 Å². The highest BCUT2D eigenvalue weighted by atomic mass is 16.5. The summed E-state index contributed by atoms with van der Waals surface area (Å²) in [6.45, 7) is 0. The molecule has 5 heteroatoms. The zero-order valence-electron chi connectivity index (χ0n) is 13.3. The van der Waals surface area contributed by atoms with Gasteiger partial charge in [-0.15, -0.1) is 0 Å². The minimum absolute atomic E-state index is 0.366. The lowest BCUT2D eigenvalue weighted by atomic mass is 9.82. The fraction of sp³-hybridized carbons (Fsp3) is 0.200. The fourth-order valence-electron chi connectivity index (χ4n) is 3.58. The summed E-state index contributed by atoms with van der Waals surface area (Å²) in [5, 5.41) is 14.3. The molecule has 2 aliphatic heterocycles. The first-order chi connectivity index (χ1) is 12.1. The van der Waals surface area contributed by atoms with Crippen LogP contribution in [0.4, 0.5) is 5.69 Å². The third-order valence-electron chi connectivity index (χ3n) is 4.74. The summed E-state index contributed by atoms with van der Waals surface area (Å²) in [4.78, 5) is 24.2. The van der Waals surface area contributed by atoms with Gasteiger partial charge in [0.2, 0.25) is 5.91 Å². The monoisotopic (exact) mass is 334 g/mol. The van der Waals surface area contributed by atoms with Crippen molar-refractivity contribution in [3.63, 3.8) is 0 Å². The van der Waals surface area contributed by atoms with Gasteiger partial charge in [-0.05, 0) is 11.6 Å². The molecule has 0 unspecified atom stereocenters. The van der Waals surface area contributed by atoms with Gasteiger partial charge in [-0.25, -0.2) is 0 Å². The van der Waals surface area contributed by atoms with E-state index in [-0.39, 0.29) is 5.91 Å². The summed E-state index contributed by atoms with van der Waals surface area (Å²) in [7, 11) is 0. The van der Waals surface area contributed by atoms with Crippen molar-refractivity contribution in [3.8, 4) is 11.1 Å². The second-order valence-electron chi connectivity index (χ2n) is 6.22.